The molecule has 1 aromatic rings. The number of alkyl halides is 3. The number of carbonyl (C=O) groups excluding carboxylic acids is 1. The van der Waals surface area contributed by atoms with Crippen LogP contribution in [-0.4, -0.2) is 34.9 Å². The highest BCUT2D eigenvalue weighted by molar-refractivity contribution is 5.83. The predicted molar refractivity (Wildman–Crippen MR) is 100 cm³/mol. The molecule has 0 saturated heterocycles. The minimum absolute atomic E-state index is 0.302. The van der Waals surface area contributed by atoms with Gasteiger partial charge < -0.3 is 15.4 Å². The van der Waals surface area contributed by atoms with E-state index in [9.17, 15) is 18.0 Å². The fraction of sp³-hybridized carbons (Fsp3) is 0.316. The Labute approximate surface area is 164 Å². The Morgan fingerprint density at radius 3 is 2.79 bits per heavy atom. The Balaban J connectivity index is 1.87. The molecule has 3 aliphatic rings. The van der Waals surface area contributed by atoms with E-state index < -0.39 is 17.9 Å². The summed E-state index contributed by atoms with van der Waals surface area (Å²) < 4.78 is 43.3. The molecule has 10 heteroatoms. The number of halogens is 3. The molecule has 7 nitrogen and oxygen atoms in total. The van der Waals surface area contributed by atoms with Crippen molar-refractivity contribution in [1.82, 2.24) is 9.97 Å². The molecule has 29 heavy (non-hydrogen) atoms. The van der Waals surface area contributed by atoms with Gasteiger partial charge in [0.05, 0.1) is 11.3 Å². The first-order valence-corrected chi connectivity index (χ1v) is 8.96. The molecule has 0 saturated carbocycles. The van der Waals surface area contributed by atoms with Gasteiger partial charge in [-0.05, 0) is 42.6 Å². The van der Waals surface area contributed by atoms with Crippen molar-refractivity contribution in [1.29, 1.82) is 0 Å². The summed E-state index contributed by atoms with van der Waals surface area (Å²) in [6, 6.07) is 0. The van der Waals surface area contributed by atoms with Crippen LogP contribution in [0.25, 0.3) is 6.08 Å². The van der Waals surface area contributed by atoms with Crippen molar-refractivity contribution in [2.45, 2.75) is 31.2 Å². The van der Waals surface area contributed by atoms with Crippen LogP contribution in [0.2, 0.25) is 0 Å². The van der Waals surface area contributed by atoms with Gasteiger partial charge in [-0.1, -0.05) is 12.2 Å². The summed E-state index contributed by atoms with van der Waals surface area (Å²) in [4.78, 5) is 20.0. The van der Waals surface area contributed by atoms with Gasteiger partial charge in [0.2, 0.25) is 5.72 Å². The van der Waals surface area contributed by atoms with E-state index in [1.165, 1.54) is 18.5 Å². The number of ether oxygens (including phenoxy) is 1. The summed E-state index contributed by atoms with van der Waals surface area (Å²) in [6.07, 6.45) is 4.61. The Kier molecular flexibility index (Phi) is 4.45. The molecule has 4 N–H and O–H groups in total. The molecular formula is C19H18F3N5O2. The third-order valence-corrected chi connectivity index (χ3v) is 4.99. The molecule has 2 aliphatic carbocycles. The quantitative estimate of drug-likeness (QED) is 0.513. The van der Waals surface area contributed by atoms with Gasteiger partial charge in [0.15, 0.2) is 0 Å². The van der Waals surface area contributed by atoms with Gasteiger partial charge in [-0.25, -0.2) is 14.8 Å². The fourth-order valence-electron chi connectivity index (χ4n) is 3.75. The molecule has 0 spiro atoms. The van der Waals surface area contributed by atoms with Crippen molar-refractivity contribution in [2.24, 2.45) is 5.73 Å². The molecule has 2 heterocycles. The lowest BCUT2D eigenvalue weighted by Gasteiger charge is -2.35. The normalized spacial score (nSPS) is 22.9. The van der Waals surface area contributed by atoms with Gasteiger partial charge in [-0.3, -0.25) is 5.73 Å². The number of carbonyl (C=O) groups is 1. The number of nitrogens with zero attached hydrogens (tertiary/aromatic N) is 2. The number of anilines is 2. The van der Waals surface area contributed by atoms with Crippen LogP contribution in [0.4, 0.5) is 24.8 Å². The Morgan fingerprint density at radius 1 is 1.31 bits per heavy atom. The van der Waals surface area contributed by atoms with Gasteiger partial charge in [0.1, 0.15) is 18.0 Å². The summed E-state index contributed by atoms with van der Waals surface area (Å²) in [5, 5.41) is 6.16. The summed E-state index contributed by atoms with van der Waals surface area (Å²) in [6.45, 7) is 0. The number of nitrogens with two attached hydrogens (primary N) is 1. The van der Waals surface area contributed by atoms with E-state index in [-0.39, 0.29) is 0 Å². The summed E-state index contributed by atoms with van der Waals surface area (Å²) in [5.74, 6) is -1.24. The van der Waals surface area contributed by atoms with Crippen LogP contribution < -0.4 is 16.4 Å². The van der Waals surface area contributed by atoms with E-state index in [0.717, 1.165) is 17.6 Å². The second-order valence-electron chi connectivity index (χ2n) is 6.86. The molecule has 152 valence electrons. The highest BCUT2D eigenvalue weighted by atomic mass is 19.4. The standard InChI is InChI=1S/C19H18F3N5O2/c1-24-15-12-8-11-5-2-4-10-6-3-7-18(23,29-17(28)19(20,21)22)13(10)14(11)27-16(12)26-9-25-15/h3,6-9H,2,4-5,23H2,1H3,(H2,24,25,26,27). The highest BCUT2D eigenvalue weighted by Crippen LogP contribution is 2.44. The van der Waals surface area contributed by atoms with E-state index >= 15 is 0 Å². The molecule has 0 amide bonds. The van der Waals surface area contributed by atoms with Crippen LogP contribution >= 0.6 is 0 Å². The fourth-order valence-corrected chi connectivity index (χ4v) is 3.75. The molecule has 0 radical (unpaired) electrons. The van der Waals surface area contributed by atoms with Crippen molar-refractivity contribution in [3.63, 3.8) is 0 Å². The first-order valence-electron chi connectivity index (χ1n) is 8.96. The zero-order valence-corrected chi connectivity index (χ0v) is 15.4. The van der Waals surface area contributed by atoms with Crippen LogP contribution in [0.15, 0.2) is 47.0 Å². The highest BCUT2D eigenvalue weighted by Gasteiger charge is 2.48. The molecule has 1 aliphatic heterocycles. The molecular weight excluding hydrogens is 387 g/mol. The zero-order valence-electron chi connectivity index (χ0n) is 15.4. The van der Waals surface area contributed by atoms with E-state index in [0.29, 0.717) is 41.3 Å². The maximum atomic E-state index is 12.9. The Bertz CT molecular complexity index is 1010. The molecule has 1 unspecified atom stereocenters. The van der Waals surface area contributed by atoms with Crippen molar-refractivity contribution < 1.29 is 22.7 Å². The zero-order chi connectivity index (χ0) is 20.8. The number of hydrogen-bond acceptors (Lipinski definition) is 7. The van der Waals surface area contributed by atoms with Crippen LogP contribution in [0.5, 0.6) is 0 Å². The van der Waals surface area contributed by atoms with E-state index in [1.54, 1.807) is 13.1 Å². The van der Waals surface area contributed by atoms with E-state index in [2.05, 4.69) is 20.6 Å². The molecule has 4 rings (SSSR count). The lowest BCUT2D eigenvalue weighted by Crippen LogP contribution is -2.49. The minimum Gasteiger partial charge on any atom is -0.429 e. The number of rotatable bonds is 2. The third kappa shape index (κ3) is 3.29. The lowest BCUT2D eigenvalue weighted by atomic mass is 9.86. The van der Waals surface area contributed by atoms with Crippen molar-refractivity contribution in [2.75, 3.05) is 17.7 Å². The largest absolute Gasteiger partial charge is 0.491 e. The first-order chi connectivity index (χ1) is 13.7. The molecule has 0 aromatic carbocycles. The summed E-state index contributed by atoms with van der Waals surface area (Å²) in [7, 11) is 1.73. The number of aromatic nitrogens is 2. The number of esters is 1. The topological polar surface area (TPSA) is 102 Å². The summed E-state index contributed by atoms with van der Waals surface area (Å²) >= 11 is 0. The number of nitrogens with one attached hydrogen (secondary N) is 2. The monoisotopic (exact) mass is 405 g/mol. The van der Waals surface area contributed by atoms with Gasteiger partial charge >= 0.3 is 12.1 Å². The maximum Gasteiger partial charge on any atom is 0.491 e. The predicted octanol–water partition coefficient (Wildman–Crippen LogP) is 3.02. The number of allylic oxidation sites excluding steroid dienone is 3. The second kappa shape index (κ2) is 6.73. The minimum atomic E-state index is -5.16. The molecule has 1 atom stereocenters. The van der Waals surface area contributed by atoms with Gasteiger partial charge in [0.25, 0.3) is 0 Å². The van der Waals surface area contributed by atoms with Gasteiger partial charge in [-0.2, -0.15) is 13.2 Å². The maximum absolute atomic E-state index is 12.9. The summed E-state index contributed by atoms with van der Waals surface area (Å²) in [5.41, 5.74) is 7.25. The van der Waals surface area contributed by atoms with Crippen LogP contribution in [0.3, 0.4) is 0 Å². The third-order valence-electron chi connectivity index (χ3n) is 4.99. The van der Waals surface area contributed by atoms with Crippen molar-refractivity contribution in [3.05, 3.63) is 52.5 Å². The van der Waals surface area contributed by atoms with Crippen LogP contribution in [0.1, 0.15) is 24.8 Å². The van der Waals surface area contributed by atoms with Crippen molar-refractivity contribution >= 4 is 23.7 Å². The smallest absolute Gasteiger partial charge is 0.429 e. The Morgan fingerprint density at radius 2 is 2.07 bits per heavy atom. The van der Waals surface area contributed by atoms with E-state index in [1.807, 2.05) is 6.08 Å². The van der Waals surface area contributed by atoms with Gasteiger partial charge in [0, 0.05) is 12.6 Å². The van der Waals surface area contributed by atoms with Crippen LogP contribution in [0, 0.1) is 0 Å². The first kappa shape index (κ1) is 19.2. The average Bonchev–Trinajstić information content (AvgIpc) is 2.84. The molecule has 0 fully saturated rings. The van der Waals surface area contributed by atoms with Gasteiger partial charge in [-0.15, -0.1) is 0 Å². The van der Waals surface area contributed by atoms with E-state index in [4.69, 9.17) is 10.5 Å². The molecule has 1 aromatic heterocycles. The average molecular weight is 405 g/mol. The molecule has 0 bridgehead atoms. The van der Waals surface area contributed by atoms with Crippen molar-refractivity contribution in [3.8, 4) is 0 Å². The lowest BCUT2D eigenvalue weighted by molar-refractivity contribution is -0.207. The second-order valence-corrected chi connectivity index (χ2v) is 6.86. The SMILES string of the molecule is CNc1ncnc2c1C=C1CCCC3=CC=CC(N)(OC(=O)C(F)(F)F)C3=C1N2. The number of hydrogen-bond donors (Lipinski definition) is 3. The number of fused-ring (bicyclic) bond motifs is 3. The Hall–Kier alpha value is -3.14. The van der Waals surface area contributed by atoms with Crippen LogP contribution in [-0.2, 0) is 9.53 Å².